The highest BCUT2D eigenvalue weighted by molar-refractivity contribution is 7.80. The van der Waals surface area contributed by atoms with Crippen LogP contribution in [0.2, 0.25) is 0 Å². The van der Waals surface area contributed by atoms with Crippen molar-refractivity contribution in [2.24, 2.45) is 0 Å². The molecule has 1 rings (SSSR count). The van der Waals surface area contributed by atoms with Crippen molar-refractivity contribution in [3.8, 4) is 0 Å². The average molecular weight is 273 g/mol. The van der Waals surface area contributed by atoms with Crippen LogP contribution in [0.4, 0.5) is 4.79 Å². The Morgan fingerprint density at radius 1 is 1.39 bits per heavy atom. The van der Waals surface area contributed by atoms with Crippen LogP contribution in [0.15, 0.2) is 0 Å². The van der Waals surface area contributed by atoms with Crippen LogP contribution in [-0.2, 0) is 14.3 Å². The third-order valence-electron chi connectivity index (χ3n) is 2.41. The van der Waals surface area contributed by atoms with Crippen LogP contribution < -0.4 is 0 Å². The SMILES string of the molecule is CC(C)(C)OC(=O)N1CCC[C@H](OC(=O)C=S)C1. The number of hydrogen-bond acceptors (Lipinski definition) is 5. The van der Waals surface area contributed by atoms with Crippen LogP contribution in [0, 0.1) is 0 Å². The molecule has 0 aromatic rings. The minimum atomic E-state index is -0.527. The average Bonchev–Trinajstić information content (AvgIpc) is 2.27. The van der Waals surface area contributed by atoms with Gasteiger partial charge in [0, 0.05) is 6.54 Å². The number of piperidine rings is 1. The first-order chi connectivity index (χ1) is 8.31. The Bertz CT molecular complexity index is 337. The standard InChI is InChI=1S/C12H19NO4S/c1-12(2,3)17-11(15)13-6-4-5-9(7-13)16-10(14)8-18/h8-9H,4-7H2,1-3H3/t9-/m0/s1. The number of carbonyl (C=O) groups is 2. The quantitative estimate of drug-likeness (QED) is 0.568. The number of amides is 1. The number of nitrogens with zero attached hydrogens (tertiary/aromatic N) is 1. The third kappa shape index (κ3) is 5.00. The van der Waals surface area contributed by atoms with E-state index in [2.05, 4.69) is 12.2 Å². The van der Waals surface area contributed by atoms with Gasteiger partial charge in [-0.05, 0) is 33.6 Å². The van der Waals surface area contributed by atoms with Crippen molar-refractivity contribution >= 4 is 29.6 Å². The number of ether oxygens (including phenoxy) is 2. The molecule has 1 saturated heterocycles. The lowest BCUT2D eigenvalue weighted by Gasteiger charge is -2.33. The molecule has 0 aromatic heterocycles. The van der Waals surface area contributed by atoms with E-state index in [0.29, 0.717) is 13.1 Å². The molecule has 0 spiro atoms. The van der Waals surface area contributed by atoms with Gasteiger partial charge in [0.05, 0.1) is 11.9 Å². The lowest BCUT2D eigenvalue weighted by Crippen LogP contribution is -2.46. The molecule has 5 nitrogen and oxygen atoms in total. The zero-order valence-electron chi connectivity index (χ0n) is 11.0. The Morgan fingerprint density at radius 2 is 2.06 bits per heavy atom. The predicted octanol–water partition coefficient (Wildman–Crippen LogP) is 1.93. The summed E-state index contributed by atoms with van der Waals surface area (Å²) in [4.78, 5) is 24.5. The summed E-state index contributed by atoms with van der Waals surface area (Å²) >= 11 is 4.49. The molecular weight excluding hydrogens is 254 g/mol. The fraction of sp³-hybridized carbons (Fsp3) is 0.750. The first kappa shape index (κ1) is 14.9. The van der Waals surface area contributed by atoms with E-state index in [4.69, 9.17) is 9.47 Å². The van der Waals surface area contributed by atoms with E-state index in [9.17, 15) is 9.59 Å². The van der Waals surface area contributed by atoms with E-state index in [1.807, 2.05) is 20.8 Å². The van der Waals surface area contributed by atoms with Gasteiger partial charge in [-0.25, -0.2) is 9.59 Å². The van der Waals surface area contributed by atoms with Gasteiger partial charge in [-0.3, -0.25) is 0 Å². The number of thiocarbonyl (C=S) groups is 1. The number of esters is 1. The summed E-state index contributed by atoms with van der Waals surface area (Å²) in [6, 6.07) is 0. The maximum absolute atomic E-state index is 11.8. The summed E-state index contributed by atoms with van der Waals surface area (Å²) in [5.41, 5.74) is -0.519. The van der Waals surface area contributed by atoms with Gasteiger partial charge in [-0.1, -0.05) is 12.2 Å². The molecule has 1 fully saturated rings. The summed E-state index contributed by atoms with van der Waals surface area (Å²) in [6.07, 6.45) is 0.867. The van der Waals surface area contributed by atoms with E-state index < -0.39 is 11.6 Å². The molecule has 1 amide bonds. The number of carbonyl (C=O) groups excluding carboxylic acids is 2. The second-order valence-electron chi connectivity index (χ2n) is 5.25. The molecule has 0 aromatic carbocycles. The lowest BCUT2D eigenvalue weighted by molar-refractivity contribution is -0.142. The number of likely N-dealkylation sites (tertiary alicyclic amines) is 1. The summed E-state index contributed by atoms with van der Waals surface area (Å²) < 4.78 is 10.4. The molecule has 102 valence electrons. The molecule has 0 N–H and O–H groups in total. The fourth-order valence-electron chi connectivity index (χ4n) is 1.72. The first-order valence-corrected chi connectivity index (χ1v) is 6.42. The summed E-state index contributed by atoms with van der Waals surface area (Å²) in [5, 5.41) is 0.965. The topological polar surface area (TPSA) is 55.8 Å². The van der Waals surface area contributed by atoms with E-state index in [-0.39, 0.29) is 12.2 Å². The van der Waals surface area contributed by atoms with E-state index >= 15 is 0 Å². The number of rotatable bonds is 2. The summed E-state index contributed by atoms with van der Waals surface area (Å²) in [5.74, 6) is -0.527. The number of hydrogen-bond donors (Lipinski definition) is 0. The summed E-state index contributed by atoms with van der Waals surface area (Å²) in [7, 11) is 0. The monoisotopic (exact) mass is 273 g/mol. The Kier molecular flexibility index (Phi) is 5.07. The second kappa shape index (κ2) is 6.13. The Hall–Kier alpha value is -1.17. The van der Waals surface area contributed by atoms with Gasteiger partial charge in [0.1, 0.15) is 11.7 Å². The zero-order chi connectivity index (χ0) is 13.8. The van der Waals surface area contributed by atoms with Crippen molar-refractivity contribution in [3.63, 3.8) is 0 Å². The molecule has 0 saturated carbocycles. The molecule has 1 heterocycles. The van der Waals surface area contributed by atoms with Crippen molar-refractivity contribution in [1.82, 2.24) is 4.90 Å². The molecule has 6 heteroatoms. The Balaban J connectivity index is 2.50. The highest BCUT2D eigenvalue weighted by atomic mass is 32.1. The van der Waals surface area contributed by atoms with Gasteiger partial charge in [0.2, 0.25) is 0 Å². The van der Waals surface area contributed by atoms with E-state index in [1.54, 1.807) is 4.90 Å². The van der Waals surface area contributed by atoms with Crippen LogP contribution in [0.1, 0.15) is 33.6 Å². The molecule has 0 bridgehead atoms. The van der Waals surface area contributed by atoms with Crippen molar-refractivity contribution in [2.75, 3.05) is 13.1 Å². The van der Waals surface area contributed by atoms with Crippen molar-refractivity contribution in [1.29, 1.82) is 0 Å². The van der Waals surface area contributed by atoms with Crippen LogP contribution in [0.25, 0.3) is 0 Å². The molecule has 1 aliphatic heterocycles. The molecule has 1 aliphatic rings. The van der Waals surface area contributed by atoms with E-state index in [0.717, 1.165) is 18.2 Å². The van der Waals surface area contributed by atoms with Crippen LogP contribution in [-0.4, -0.2) is 47.1 Å². The molecular formula is C12H19NO4S. The molecule has 18 heavy (non-hydrogen) atoms. The fourth-order valence-corrected chi connectivity index (χ4v) is 1.77. The largest absolute Gasteiger partial charge is 0.457 e. The molecule has 0 radical (unpaired) electrons. The minimum Gasteiger partial charge on any atom is -0.457 e. The van der Waals surface area contributed by atoms with Crippen LogP contribution >= 0.6 is 12.2 Å². The third-order valence-corrected chi connectivity index (χ3v) is 2.60. The first-order valence-electron chi connectivity index (χ1n) is 5.95. The van der Waals surface area contributed by atoms with Gasteiger partial charge in [-0.15, -0.1) is 0 Å². The lowest BCUT2D eigenvalue weighted by atomic mass is 10.1. The Morgan fingerprint density at radius 3 is 2.61 bits per heavy atom. The highest BCUT2D eigenvalue weighted by Gasteiger charge is 2.29. The Labute approximate surface area is 112 Å². The predicted molar refractivity (Wildman–Crippen MR) is 70.6 cm³/mol. The van der Waals surface area contributed by atoms with Crippen molar-refractivity contribution < 1.29 is 19.1 Å². The molecule has 0 aliphatic carbocycles. The van der Waals surface area contributed by atoms with Gasteiger partial charge >= 0.3 is 12.1 Å². The van der Waals surface area contributed by atoms with Gasteiger partial charge in [-0.2, -0.15) is 0 Å². The smallest absolute Gasteiger partial charge is 0.410 e. The molecule has 0 unspecified atom stereocenters. The van der Waals surface area contributed by atoms with E-state index in [1.165, 1.54) is 0 Å². The minimum absolute atomic E-state index is 0.294. The maximum Gasteiger partial charge on any atom is 0.410 e. The maximum atomic E-state index is 11.8. The zero-order valence-corrected chi connectivity index (χ0v) is 11.8. The van der Waals surface area contributed by atoms with Crippen LogP contribution in [0.5, 0.6) is 0 Å². The van der Waals surface area contributed by atoms with Gasteiger partial charge in [0.15, 0.2) is 0 Å². The summed E-state index contributed by atoms with van der Waals surface area (Å²) in [6.45, 7) is 6.44. The normalized spacial score (nSPS) is 20.2. The highest BCUT2D eigenvalue weighted by Crippen LogP contribution is 2.17. The van der Waals surface area contributed by atoms with Crippen molar-refractivity contribution in [3.05, 3.63) is 0 Å². The van der Waals surface area contributed by atoms with Crippen molar-refractivity contribution in [2.45, 2.75) is 45.3 Å². The van der Waals surface area contributed by atoms with Gasteiger partial charge < -0.3 is 14.4 Å². The molecule has 1 atom stereocenters. The van der Waals surface area contributed by atoms with Gasteiger partial charge in [0.25, 0.3) is 0 Å². The van der Waals surface area contributed by atoms with Crippen LogP contribution in [0.3, 0.4) is 0 Å². The second-order valence-corrected chi connectivity index (χ2v) is 5.48.